The molecule has 0 spiro atoms. The van der Waals surface area contributed by atoms with E-state index < -0.39 is 5.97 Å². The Morgan fingerprint density at radius 1 is 1.04 bits per heavy atom. The van der Waals surface area contributed by atoms with Gasteiger partial charge in [-0.15, -0.1) is 0 Å². The van der Waals surface area contributed by atoms with Crippen LogP contribution in [0.2, 0.25) is 0 Å². The molecule has 1 aliphatic heterocycles. The van der Waals surface area contributed by atoms with Gasteiger partial charge in [-0.2, -0.15) is 0 Å². The number of benzene rings is 1. The Labute approximate surface area is 134 Å². The Morgan fingerprint density at radius 2 is 1.65 bits per heavy atom. The van der Waals surface area contributed by atoms with Crippen molar-refractivity contribution < 1.29 is 19.1 Å². The number of hydrogen-bond donors (Lipinski definition) is 1. The minimum absolute atomic E-state index is 0.0629. The summed E-state index contributed by atoms with van der Waals surface area (Å²) >= 11 is 0. The first-order chi connectivity index (χ1) is 11.0. The lowest BCUT2D eigenvalue weighted by atomic mass is 9.74. The summed E-state index contributed by atoms with van der Waals surface area (Å²) in [6, 6.07) is 13.1. The Kier molecular flexibility index (Phi) is 3.94. The fourth-order valence-electron chi connectivity index (χ4n) is 3.06. The smallest absolute Gasteiger partial charge is 0.371 e. The van der Waals surface area contributed by atoms with Crippen molar-refractivity contribution >= 4 is 11.9 Å². The lowest BCUT2D eigenvalue weighted by molar-refractivity contribution is 0.0621. The number of carboxylic acids is 1. The van der Waals surface area contributed by atoms with Crippen LogP contribution >= 0.6 is 0 Å². The monoisotopic (exact) mass is 313 g/mol. The van der Waals surface area contributed by atoms with Crippen LogP contribution in [0, 0.1) is 0 Å². The van der Waals surface area contributed by atoms with Gasteiger partial charge < -0.3 is 14.4 Å². The number of rotatable bonds is 3. The van der Waals surface area contributed by atoms with Crippen molar-refractivity contribution in [2.45, 2.75) is 25.2 Å². The third-order valence-corrected chi connectivity index (χ3v) is 4.65. The van der Waals surface area contributed by atoms with Gasteiger partial charge in [0.1, 0.15) is 0 Å². The van der Waals surface area contributed by atoms with E-state index in [0.29, 0.717) is 13.1 Å². The second kappa shape index (κ2) is 5.91. The first-order valence-electron chi connectivity index (χ1n) is 7.67. The number of nitrogens with zero attached hydrogens (tertiary/aromatic N) is 1. The molecular formula is C18H19NO4. The Hall–Kier alpha value is -2.56. The number of hydrogen-bond acceptors (Lipinski definition) is 3. The average Bonchev–Trinajstić information content (AvgIpc) is 3.06. The van der Waals surface area contributed by atoms with E-state index in [4.69, 9.17) is 9.52 Å². The maximum atomic E-state index is 12.4. The zero-order chi connectivity index (χ0) is 16.4. The van der Waals surface area contributed by atoms with Crippen LogP contribution in [0.5, 0.6) is 0 Å². The summed E-state index contributed by atoms with van der Waals surface area (Å²) in [5.41, 5.74) is 1.35. The van der Waals surface area contributed by atoms with E-state index in [1.807, 2.05) is 18.2 Å². The summed E-state index contributed by atoms with van der Waals surface area (Å²) in [6.45, 7) is 3.49. The molecule has 1 saturated heterocycles. The number of piperidine rings is 1. The molecule has 1 amide bonds. The highest BCUT2D eigenvalue weighted by Gasteiger charge is 2.34. The normalized spacial score (nSPS) is 17.0. The molecule has 0 radical (unpaired) electrons. The molecule has 0 atom stereocenters. The number of furan rings is 1. The molecule has 1 aliphatic rings. The predicted octanol–water partition coefficient (Wildman–Crippen LogP) is 3.17. The molecule has 23 heavy (non-hydrogen) atoms. The van der Waals surface area contributed by atoms with Gasteiger partial charge in [0.15, 0.2) is 5.76 Å². The van der Waals surface area contributed by atoms with Gasteiger partial charge in [0.05, 0.1) is 0 Å². The van der Waals surface area contributed by atoms with Crippen LogP contribution in [0.1, 0.15) is 46.4 Å². The van der Waals surface area contributed by atoms with E-state index in [-0.39, 0.29) is 22.8 Å². The maximum Gasteiger partial charge on any atom is 0.371 e. The standard InChI is InChI=1S/C18H19NO4/c1-18(13-5-3-2-4-6-13)9-11-19(12-10-18)16(20)14-7-8-15(23-14)17(21)22/h2-8H,9-12H2,1H3,(H,21,22). The molecule has 5 heteroatoms. The number of carbonyl (C=O) groups is 2. The molecule has 2 heterocycles. The summed E-state index contributed by atoms with van der Waals surface area (Å²) < 4.78 is 5.11. The minimum atomic E-state index is -1.17. The highest BCUT2D eigenvalue weighted by Crippen LogP contribution is 2.35. The van der Waals surface area contributed by atoms with E-state index >= 15 is 0 Å². The van der Waals surface area contributed by atoms with Crippen molar-refractivity contribution in [3.05, 3.63) is 59.5 Å². The molecule has 0 aliphatic carbocycles. The van der Waals surface area contributed by atoms with E-state index in [2.05, 4.69) is 19.1 Å². The molecule has 1 fully saturated rings. The molecular weight excluding hydrogens is 294 g/mol. The summed E-state index contributed by atoms with van der Waals surface area (Å²) in [4.78, 5) is 25.0. The van der Waals surface area contributed by atoms with Crippen LogP contribution < -0.4 is 0 Å². The highest BCUT2D eigenvalue weighted by molar-refractivity contribution is 5.93. The van der Waals surface area contributed by atoms with Gasteiger partial charge in [-0.3, -0.25) is 4.79 Å². The van der Waals surface area contributed by atoms with Crippen LogP contribution in [-0.2, 0) is 5.41 Å². The van der Waals surface area contributed by atoms with Crippen molar-refractivity contribution in [2.75, 3.05) is 13.1 Å². The van der Waals surface area contributed by atoms with Crippen molar-refractivity contribution in [1.29, 1.82) is 0 Å². The SMILES string of the molecule is CC1(c2ccccc2)CCN(C(=O)c2ccc(C(=O)O)o2)CC1. The lowest BCUT2D eigenvalue weighted by Gasteiger charge is -2.39. The van der Waals surface area contributed by atoms with Crippen molar-refractivity contribution in [3.63, 3.8) is 0 Å². The average molecular weight is 313 g/mol. The Bertz CT molecular complexity index is 712. The van der Waals surface area contributed by atoms with Gasteiger partial charge in [-0.05, 0) is 36.0 Å². The quantitative estimate of drug-likeness (QED) is 0.945. The van der Waals surface area contributed by atoms with Crippen molar-refractivity contribution in [3.8, 4) is 0 Å². The van der Waals surface area contributed by atoms with Crippen LogP contribution in [0.4, 0.5) is 0 Å². The zero-order valence-corrected chi connectivity index (χ0v) is 13.0. The van der Waals surface area contributed by atoms with Gasteiger partial charge in [0.25, 0.3) is 5.91 Å². The summed E-state index contributed by atoms with van der Waals surface area (Å²) in [5, 5.41) is 8.87. The predicted molar refractivity (Wildman–Crippen MR) is 84.6 cm³/mol. The molecule has 1 aromatic heterocycles. The Morgan fingerprint density at radius 3 is 2.22 bits per heavy atom. The van der Waals surface area contributed by atoms with Gasteiger partial charge in [0.2, 0.25) is 5.76 Å². The number of carbonyl (C=O) groups excluding carboxylic acids is 1. The molecule has 1 N–H and O–H groups in total. The highest BCUT2D eigenvalue weighted by atomic mass is 16.4. The summed E-state index contributed by atoms with van der Waals surface area (Å²) in [7, 11) is 0. The molecule has 0 bridgehead atoms. The number of aromatic carboxylic acids is 1. The zero-order valence-electron chi connectivity index (χ0n) is 13.0. The van der Waals surface area contributed by atoms with Crippen LogP contribution in [0.15, 0.2) is 46.9 Å². The first-order valence-corrected chi connectivity index (χ1v) is 7.67. The topological polar surface area (TPSA) is 70.8 Å². The number of likely N-dealkylation sites (tertiary alicyclic amines) is 1. The maximum absolute atomic E-state index is 12.4. The van der Waals surface area contributed by atoms with E-state index in [1.165, 1.54) is 17.7 Å². The van der Waals surface area contributed by atoms with Crippen molar-refractivity contribution in [1.82, 2.24) is 4.90 Å². The summed E-state index contributed by atoms with van der Waals surface area (Å²) in [5.74, 6) is -1.53. The largest absolute Gasteiger partial charge is 0.475 e. The molecule has 3 rings (SSSR count). The van der Waals surface area contributed by atoms with Gasteiger partial charge >= 0.3 is 5.97 Å². The number of amides is 1. The molecule has 120 valence electrons. The molecule has 2 aromatic rings. The molecule has 5 nitrogen and oxygen atoms in total. The minimum Gasteiger partial charge on any atom is -0.475 e. The molecule has 0 saturated carbocycles. The van der Waals surface area contributed by atoms with Gasteiger partial charge in [-0.25, -0.2) is 4.79 Å². The van der Waals surface area contributed by atoms with Gasteiger partial charge in [-0.1, -0.05) is 37.3 Å². The van der Waals surface area contributed by atoms with Crippen LogP contribution in [-0.4, -0.2) is 35.0 Å². The van der Waals surface area contributed by atoms with E-state index in [1.54, 1.807) is 4.90 Å². The van der Waals surface area contributed by atoms with Crippen LogP contribution in [0.25, 0.3) is 0 Å². The van der Waals surface area contributed by atoms with Crippen LogP contribution in [0.3, 0.4) is 0 Å². The summed E-state index contributed by atoms with van der Waals surface area (Å²) in [6.07, 6.45) is 1.74. The molecule has 1 aromatic carbocycles. The van der Waals surface area contributed by atoms with Gasteiger partial charge in [0, 0.05) is 13.1 Å². The fourth-order valence-corrected chi connectivity index (χ4v) is 3.06. The molecule has 0 unspecified atom stereocenters. The van der Waals surface area contributed by atoms with Crippen molar-refractivity contribution in [2.24, 2.45) is 0 Å². The Balaban J connectivity index is 1.68. The third-order valence-electron chi connectivity index (χ3n) is 4.65. The van der Waals surface area contributed by atoms with E-state index in [0.717, 1.165) is 12.8 Å². The number of carboxylic acid groups (broad SMARTS) is 1. The second-order valence-electron chi connectivity index (χ2n) is 6.19. The fraction of sp³-hybridized carbons (Fsp3) is 0.333. The van der Waals surface area contributed by atoms with E-state index in [9.17, 15) is 9.59 Å². The lowest BCUT2D eigenvalue weighted by Crippen LogP contribution is -2.43. The first kappa shape index (κ1) is 15.3. The second-order valence-corrected chi connectivity index (χ2v) is 6.19. The third kappa shape index (κ3) is 2.99.